The van der Waals surface area contributed by atoms with Gasteiger partial charge in [0.15, 0.2) is 6.23 Å². The quantitative estimate of drug-likeness (QED) is 0.0578. The summed E-state index contributed by atoms with van der Waals surface area (Å²) in [5, 5.41) is 13.8. The minimum absolute atomic E-state index is 0.0401. The lowest BCUT2D eigenvalue weighted by molar-refractivity contribution is -0.118. The van der Waals surface area contributed by atoms with E-state index in [0.717, 1.165) is 32.1 Å². The van der Waals surface area contributed by atoms with Crippen LogP contribution >= 0.6 is 11.6 Å². The lowest BCUT2D eigenvalue weighted by Crippen LogP contribution is -2.43. The number of phenolic OH excluding ortho intramolecular Hbond substituents is 1. The molecule has 0 bridgehead atoms. The molecule has 3 aromatic rings. The fourth-order valence-electron chi connectivity index (χ4n) is 5.34. The average molecular weight is 700 g/mol. The highest BCUT2D eigenvalue weighted by molar-refractivity contribution is 7.92. The second kappa shape index (κ2) is 19.9. The van der Waals surface area contributed by atoms with Gasteiger partial charge in [-0.1, -0.05) is 101 Å². The Labute approximate surface area is 291 Å². The first-order chi connectivity index (χ1) is 23.0. The van der Waals surface area contributed by atoms with Gasteiger partial charge in [0.05, 0.1) is 22.2 Å². The van der Waals surface area contributed by atoms with Gasteiger partial charge in [0.1, 0.15) is 11.5 Å². The molecule has 48 heavy (non-hydrogen) atoms. The number of carbonyl (C=O) groups excluding carboxylic acids is 2. The van der Waals surface area contributed by atoms with Crippen LogP contribution in [0.2, 0.25) is 5.02 Å². The van der Waals surface area contributed by atoms with Crippen LogP contribution < -0.4 is 19.7 Å². The Morgan fingerprint density at radius 1 is 0.854 bits per heavy atom. The van der Waals surface area contributed by atoms with Gasteiger partial charge in [-0.25, -0.2) is 8.42 Å². The number of ether oxygens (including phenoxy) is 1. The largest absolute Gasteiger partial charge is 0.506 e. The van der Waals surface area contributed by atoms with Crippen LogP contribution in [0.15, 0.2) is 66.7 Å². The van der Waals surface area contributed by atoms with Crippen LogP contribution in [0.5, 0.6) is 11.5 Å². The highest BCUT2D eigenvalue weighted by atomic mass is 35.5. The number of amides is 2. The molecular weight excluding hydrogens is 650 g/mol. The molecule has 0 spiro atoms. The normalized spacial score (nSPS) is 11.9. The van der Waals surface area contributed by atoms with Gasteiger partial charge < -0.3 is 15.2 Å². The standard InChI is InChI=1S/C37H50ClN3O6S/c1-4-6-8-9-10-11-12-13-17-20-36(47-31-23-21-30(22-24-31)40-48(45,46)25-7-5-2)41(28(3)42)34-27-35(43)33(26-32(34)38)39-37(44)29-18-15-14-16-19-29/h14-16,18-19,21-24,26-27,36,40,43H,4-13,17,20,25H2,1-3H3,(H,39,44). The Bertz CT molecular complexity index is 1550. The molecule has 9 nitrogen and oxygen atoms in total. The lowest BCUT2D eigenvalue weighted by atomic mass is 10.1. The molecule has 0 saturated heterocycles. The first-order valence-electron chi connectivity index (χ1n) is 17.0. The summed E-state index contributed by atoms with van der Waals surface area (Å²) in [6, 6.07) is 17.9. The Balaban J connectivity index is 1.81. The van der Waals surface area contributed by atoms with E-state index in [9.17, 15) is 23.1 Å². The summed E-state index contributed by atoms with van der Waals surface area (Å²) >= 11 is 6.71. The van der Waals surface area contributed by atoms with Crippen molar-refractivity contribution in [3.63, 3.8) is 0 Å². The molecule has 2 amide bonds. The van der Waals surface area contributed by atoms with Crippen molar-refractivity contribution in [1.82, 2.24) is 0 Å². The summed E-state index contributed by atoms with van der Waals surface area (Å²) in [5.74, 6) is -0.546. The molecular formula is C37H50ClN3O6S. The number of unbranched alkanes of at least 4 members (excludes halogenated alkanes) is 9. The molecule has 0 aliphatic rings. The van der Waals surface area contributed by atoms with Crippen molar-refractivity contribution in [2.75, 3.05) is 20.7 Å². The smallest absolute Gasteiger partial charge is 0.255 e. The van der Waals surface area contributed by atoms with Crippen LogP contribution in [-0.2, 0) is 14.8 Å². The zero-order valence-corrected chi connectivity index (χ0v) is 29.9. The van der Waals surface area contributed by atoms with Crippen molar-refractivity contribution >= 4 is 50.5 Å². The molecule has 3 aromatic carbocycles. The molecule has 262 valence electrons. The number of benzene rings is 3. The third-order valence-electron chi connectivity index (χ3n) is 7.96. The summed E-state index contributed by atoms with van der Waals surface area (Å²) in [5.41, 5.74) is 1.17. The minimum atomic E-state index is -3.46. The Morgan fingerprint density at radius 2 is 1.46 bits per heavy atom. The van der Waals surface area contributed by atoms with Gasteiger partial charge in [-0.05, 0) is 55.3 Å². The number of carbonyl (C=O) groups is 2. The van der Waals surface area contributed by atoms with Crippen molar-refractivity contribution < 1.29 is 27.9 Å². The molecule has 0 aromatic heterocycles. The van der Waals surface area contributed by atoms with Gasteiger partial charge >= 0.3 is 0 Å². The fourth-order valence-corrected chi connectivity index (χ4v) is 6.86. The summed E-state index contributed by atoms with van der Waals surface area (Å²) in [6.45, 7) is 5.54. The van der Waals surface area contributed by atoms with E-state index in [-0.39, 0.29) is 33.8 Å². The number of hydrogen-bond acceptors (Lipinski definition) is 6. The predicted octanol–water partition coefficient (Wildman–Crippen LogP) is 9.52. The highest BCUT2D eigenvalue weighted by Gasteiger charge is 2.28. The maximum Gasteiger partial charge on any atom is 0.255 e. The van der Waals surface area contributed by atoms with E-state index >= 15 is 0 Å². The van der Waals surface area contributed by atoms with Gasteiger partial charge in [-0.3, -0.25) is 19.2 Å². The summed E-state index contributed by atoms with van der Waals surface area (Å²) < 4.78 is 33.7. The maximum atomic E-state index is 13.2. The molecule has 11 heteroatoms. The SMILES string of the molecule is CCCCCCCCCCCC(Oc1ccc(NS(=O)(=O)CCCC)cc1)N(C(C)=O)c1cc(O)c(NC(=O)c2ccccc2)cc1Cl. The Hall–Kier alpha value is -3.76. The molecule has 0 aliphatic carbocycles. The van der Waals surface area contributed by atoms with Crippen LogP contribution in [-0.4, -0.2) is 37.3 Å². The zero-order chi connectivity index (χ0) is 34.9. The molecule has 0 fully saturated rings. The van der Waals surface area contributed by atoms with E-state index in [2.05, 4.69) is 17.0 Å². The summed E-state index contributed by atoms with van der Waals surface area (Å²) in [4.78, 5) is 27.4. The molecule has 3 N–H and O–H groups in total. The van der Waals surface area contributed by atoms with Crippen molar-refractivity contribution in [3.05, 3.63) is 77.3 Å². The van der Waals surface area contributed by atoms with Gasteiger partial charge in [-0.15, -0.1) is 0 Å². The number of rotatable bonds is 21. The van der Waals surface area contributed by atoms with E-state index in [0.29, 0.717) is 29.8 Å². The predicted molar refractivity (Wildman–Crippen MR) is 196 cm³/mol. The number of phenols is 1. The van der Waals surface area contributed by atoms with Crippen molar-refractivity contribution in [2.45, 2.75) is 104 Å². The monoisotopic (exact) mass is 699 g/mol. The van der Waals surface area contributed by atoms with Gasteiger partial charge in [0.2, 0.25) is 15.9 Å². The third-order valence-corrected chi connectivity index (χ3v) is 9.63. The average Bonchev–Trinajstić information content (AvgIpc) is 3.06. The number of nitrogens with zero attached hydrogens (tertiary/aromatic N) is 1. The lowest BCUT2D eigenvalue weighted by Gasteiger charge is -2.32. The van der Waals surface area contributed by atoms with E-state index in [1.165, 1.54) is 56.1 Å². The number of halogens is 1. The van der Waals surface area contributed by atoms with Gasteiger partial charge in [-0.2, -0.15) is 0 Å². The Kier molecular flexibility index (Phi) is 16.1. The molecule has 0 heterocycles. The van der Waals surface area contributed by atoms with E-state index in [1.54, 1.807) is 54.6 Å². The molecule has 1 atom stereocenters. The van der Waals surface area contributed by atoms with Crippen LogP contribution in [0.25, 0.3) is 0 Å². The number of hydrogen-bond donors (Lipinski definition) is 3. The third kappa shape index (κ3) is 12.7. The van der Waals surface area contributed by atoms with E-state index < -0.39 is 22.2 Å². The highest BCUT2D eigenvalue weighted by Crippen LogP contribution is 2.38. The molecule has 0 saturated carbocycles. The minimum Gasteiger partial charge on any atom is -0.506 e. The van der Waals surface area contributed by atoms with Crippen molar-refractivity contribution in [2.24, 2.45) is 0 Å². The van der Waals surface area contributed by atoms with Crippen LogP contribution in [0, 0.1) is 0 Å². The fraction of sp³-hybridized carbons (Fsp3) is 0.459. The summed E-state index contributed by atoms with van der Waals surface area (Å²) in [6.07, 6.45) is 11.2. The van der Waals surface area contributed by atoms with Crippen LogP contribution in [0.4, 0.5) is 17.1 Å². The molecule has 0 aliphatic heterocycles. The van der Waals surface area contributed by atoms with Crippen molar-refractivity contribution in [1.29, 1.82) is 0 Å². The van der Waals surface area contributed by atoms with Gasteiger partial charge in [0, 0.05) is 30.7 Å². The van der Waals surface area contributed by atoms with Gasteiger partial charge in [0.25, 0.3) is 5.91 Å². The number of sulfonamides is 1. The molecule has 0 radical (unpaired) electrons. The van der Waals surface area contributed by atoms with E-state index in [1.807, 2.05) is 6.92 Å². The maximum absolute atomic E-state index is 13.2. The van der Waals surface area contributed by atoms with Crippen LogP contribution in [0.1, 0.15) is 108 Å². The Morgan fingerprint density at radius 3 is 2.06 bits per heavy atom. The number of aromatic hydroxyl groups is 1. The summed E-state index contributed by atoms with van der Waals surface area (Å²) in [7, 11) is -3.46. The number of nitrogens with one attached hydrogen (secondary N) is 2. The molecule has 1 unspecified atom stereocenters. The van der Waals surface area contributed by atoms with Crippen molar-refractivity contribution in [3.8, 4) is 11.5 Å². The first kappa shape index (κ1) is 38.7. The first-order valence-corrected chi connectivity index (χ1v) is 19.0. The van der Waals surface area contributed by atoms with Crippen LogP contribution in [0.3, 0.4) is 0 Å². The second-order valence-electron chi connectivity index (χ2n) is 12.0. The topological polar surface area (TPSA) is 125 Å². The second-order valence-corrected chi connectivity index (χ2v) is 14.3. The zero-order valence-electron chi connectivity index (χ0n) is 28.3. The van der Waals surface area contributed by atoms with E-state index in [4.69, 9.17) is 16.3 Å². The number of anilines is 3. The molecule has 3 rings (SSSR count).